The lowest BCUT2D eigenvalue weighted by atomic mass is 10.1. The Morgan fingerprint density at radius 1 is 1.30 bits per heavy atom. The topological polar surface area (TPSA) is 66.6 Å². The van der Waals surface area contributed by atoms with Crippen LogP contribution in [0.5, 0.6) is 0 Å². The molecule has 2 unspecified atom stereocenters. The molecule has 0 aliphatic carbocycles. The van der Waals surface area contributed by atoms with E-state index in [1.54, 1.807) is 40.9 Å². The van der Waals surface area contributed by atoms with Gasteiger partial charge in [-0.05, 0) is 43.1 Å². The highest BCUT2D eigenvalue weighted by Gasteiger charge is 2.39. The third kappa shape index (κ3) is 3.49. The van der Waals surface area contributed by atoms with Crippen LogP contribution in [0.1, 0.15) is 16.8 Å². The molecule has 2 aliphatic rings. The van der Waals surface area contributed by atoms with Gasteiger partial charge in [-0.15, -0.1) is 11.8 Å². The fourth-order valence-electron chi connectivity index (χ4n) is 3.04. The monoisotopic (exact) mass is 353 g/mol. The Hall–Kier alpha value is -1.24. The molecule has 0 aromatic heterocycles. The van der Waals surface area contributed by atoms with Crippen molar-refractivity contribution in [2.75, 3.05) is 31.3 Å². The molecule has 2 saturated heterocycles. The van der Waals surface area contributed by atoms with E-state index < -0.39 is 0 Å². The average molecular weight is 354 g/mol. The molecule has 0 bridgehead atoms. The molecule has 2 aliphatic heterocycles. The van der Waals surface area contributed by atoms with Crippen LogP contribution in [-0.4, -0.2) is 58.9 Å². The fraction of sp³-hybridized carbons (Fsp3) is 0.500. The van der Waals surface area contributed by atoms with Gasteiger partial charge in [0, 0.05) is 29.4 Å². The minimum Gasteiger partial charge on any atom is -0.341 e. The SMILES string of the molecule is NCC1CCN(C(=O)C2CSCN2C(=O)c2ccc(Cl)cc2)C1. The number of carbonyl (C=O) groups is 2. The van der Waals surface area contributed by atoms with Crippen LogP contribution in [0.25, 0.3) is 0 Å². The minimum atomic E-state index is -0.375. The zero-order valence-electron chi connectivity index (χ0n) is 12.8. The molecule has 2 N–H and O–H groups in total. The Morgan fingerprint density at radius 3 is 2.70 bits per heavy atom. The van der Waals surface area contributed by atoms with Crippen molar-refractivity contribution in [2.45, 2.75) is 12.5 Å². The van der Waals surface area contributed by atoms with Gasteiger partial charge in [0.05, 0.1) is 5.88 Å². The van der Waals surface area contributed by atoms with Crippen LogP contribution in [0.2, 0.25) is 5.02 Å². The zero-order valence-corrected chi connectivity index (χ0v) is 14.4. The predicted molar refractivity (Wildman–Crippen MR) is 92.5 cm³/mol. The normalized spacial score (nSPS) is 24.3. The van der Waals surface area contributed by atoms with Crippen LogP contribution in [0.3, 0.4) is 0 Å². The Kier molecular flexibility index (Phi) is 5.14. The first kappa shape index (κ1) is 16.6. The van der Waals surface area contributed by atoms with Crippen molar-refractivity contribution in [1.82, 2.24) is 9.80 Å². The number of hydrogen-bond acceptors (Lipinski definition) is 4. The average Bonchev–Trinajstić information content (AvgIpc) is 3.23. The van der Waals surface area contributed by atoms with E-state index in [0.717, 1.165) is 13.0 Å². The van der Waals surface area contributed by atoms with Crippen LogP contribution >= 0.6 is 23.4 Å². The van der Waals surface area contributed by atoms with Crippen molar-refractivity contribution in [1.29, 1.82) is 0 Å². The molecule has 2 fully saturated rings. The molecule has 2 atom stereocenters. The van der Waals surface area contributed by atoms with Crippen molar-refractivity contribution in [2.24, 2.45) is 11.7 Å². The van der Waals surface area contributed by atoms with E-state index in [2.05, 4.69) is 0 Å². The Morgan fingerprint density at radius 2 is 2.04 bits per heavy atom. The smallest absolute Gasteiger partial charge is 0.255 e. The van der Waals surface area contributed by atoms with Crippen LogP contribution < -0.4 is 5.73 Å². The molecule has 23 heavy (non-hydrogen) atoms. The van der Waals surface area contributed by atoms with Gasteiger partial charge in [-0.2, -0.15) is 0 Å². The molecule has 0 spiro atoms. The molecule has 5 nitrogen and oxygen atoms in total. The number of hydrogen-bond donors (Lipinski definition) is 1. The Balaban J connectivity index is 1.71. The molecule has 2 amide bonds. The maximum Gasteiger partial charge on any atom is 0.255 e. The first-order chi connectivity index (χ1) is 11.1. The van der Waals surface area contributed by atoms with Crippen molar-refractivity contribution in [3.05, 3.63) is 34.9 Å². The molecular weight excluding hydrogens is 334 g/mol. The summed E-state index contributed by atoms with van der Waals surface area (Å²) in [5.74, 6) is 1.52. The molecule has 124 valence electrons. The zero-order chi connectivity index (χ0) is 16.4. The van der Waals surface area contributed by atoms with Crippen LogP contribution in [0.15, 0.2) is 24.3 Å². The summed E-state index contributed by atoms with van der Waals surface area (Å²) in [6, 6.07) is 6.42. The number of nitrogens with two attached hydrogens (primary N) is 1. The largest absolute Gasteiger partial charge is 0.341 e. The third-order valence-electron chi connectivity index (χ3n) is 4.45. The fourth-order valence-corrected chi connectivity index (χ4v) is 4.31. The van der Waals surface area contributed by atoms with Gasteiger partial charge >= 0.3 is 0 Å². The third-order valence-corrected chi connectivity index (χ3v) is 5.71. The van der Waals surface area contributed by atoms with Gasteiger partial charge in [0.1, 0.15) is 6.04 Å². The van der Waals surface area contributed by atoms with E-state index in [9.17, 15) is 9.59 Å². The number of carbonyl (C=O) groups excluding carboxylic acids is 2. The number of rotatable bonds is 3. The predicted octanol–water partition coefficient (Wildman–Crippen LogP) is 1.66. The summed E-state index contributed by atoms with van der Waals surface area (Å²) in [4.78, 5) is 29.0. The van der Waals surface area contributed by atoms with Gasteiger partial charge in [0.25, 0.3) is 5.91 Å². The first-order valence-corrected chi connectivity index (χ1v) is 9.26. The summed E-state index contributed by atoms with van der Waals surface area (Å²) >= 11 is 7.49. The lowest BCUT2D eigenvalue weighted by Crippen LogP contribution is -2.48. The summed E-state index contributed by atoms with van der Waals surface area (Å²) in [5.41, 5.74) is 6.26. The number of likely N-dealkylation sites (tertiary alicyclic amines) is 1. The maximum absolute atomic E-state index is 12.8. The number of amides is 2. The highest BCUT2D eigenvalue weighted by molar-refractivity contribution is 7.99. The minimum absolute atomic E-state index is 0.0493. The van der Waals surface area contributed by atoms with Crippen molar-refractivity contribution < 1.29 is 9.59 Å². The maximum atomic E-state index is 12.8. The number of nitrogens with zero attached hydrogens (tertiary/aromatic N) is 2. The molecular formula is C16H20ClN3O2S. The second-order valence-electron chi connectivity index (χ2n) is 5.97. The highest BCUT2D eigenvalue weighted by Crippen LogP contribution is 2.27. The molecule has 2 heterocycles. The Labute approximate surface area is 145 Å². The van der Waals surface area contributed by atoms with E-state index >= 15 is 0 Å². The van der Waals surface area contributed by atoms with Crippen molar-refractivity contribution >= 4 is 35.2 Å². The van der Waals surface area contributed by atoms with Crippen molar-refractivity contribution in [3.63, 3.8) is 0 Å². The van der Waals surface area contributed by atoms with Gasteiger partial charge in [-0.1, -0.05) is 11.6 Å². The second kappa shape index (κ2) is 7.11. The number of halogens is 1. The van der Waals surface area contributed by atoms with Crippen molar-refractivity contribution in [3.8, 4) is 0 Å². The number of benzene rings is 1. The van der Waals surface area contributed by atoms with E-state index in [4.69, 9.17) is 17.3 Å². The molecule has 3 rings (SSSR count). The summed E-state index contributed by atoms with van der Waals surface area (Å²) in [5, 5.41) is 0.592. The quantitative estimate of drug-likeness (QED) is 0.897. The summed E-state index contributed by atoms with van der Waals surface area (Å²) < 4.78 is 0. The van der Waals surface area contributed by atoms with Gasteiger partial charge in [0.2, 0.25) is 5.91 Å². The summed E-state index contributed by atoms with van der Waals surface area (Å²) in [6.07, 6.45) is 0.952. The summed E-state index contributed by atoms with van der Waals surface area (Å²) in [7, 11) is 0. The van der Waals surface area contributed by atoms with Crippen LogP contribution in [0, 0.1) is 5.92 Å². The molecule has 1 aromatic rings. The van der Waals surface area contributed by atoms with E-state index in [-0.39, 0.29) is 17.9 Å². The number of thioether (sulfide) groups is 1. The van der Waals surface area contributed by atoms with E-state index in [1.165, 1.54) is 0 Å². The Bertz CT molecular complexity index is 595. The second-order valence-corrected chi connectivity index (χ2v) is 7.41. The van der Waals surface area contributed by atoms with Gasteiger partial charge < -0.3 is 15.5 Å². The molecule has 0 radical (unpaired) electrons. The van der Waals surface area contributed by atoms with Gasteiger partial charge in [0.15, 0.2) is 0 Å². The lowest BCUT2D eigenvalue weighted by Gasteiger charge is -2.27. The highest BCUT2D eigenvalue weighted by atomic mass is 35.5. The van der Waals surface area contributed by atoms with Gasteiger partial charge in [-0.25, -0.2) is 0 Å². The van der Waals surface area contributed by atoms with Gasteiger partial charge in [-0.3, -0.25) is 9.59 Å². The lowest BCUT2D eigenvalue weighted by molar-refractivity contribution is -0.133. The summed E-state index contributed by atoms with van der Waals surface area (Å²) in [6.45, 7) is 2.06. The standard InChI is InChI=1S/C16H20ClN3O2S/c17-13-3-1-12(2-4-13)15(21)20-10-23-9-14(20)16(22)19-6-5-11(7-18)8-19/h1-4,11,14H,5-10,18H2. The van der Waals surface area contributed by atoms with Crippen LogP contribution in [0.4, 0.5) is 0 Å². The first-order valence-electron chi connectivity index (χ1n) is 7.73. The van der Waals surface area contributed by atoms with Crippen LogP contribution in [-0.2, 0) is 4.79 Å². The van der Waals surface area contributed by atoms with E-state index in [1.807, 2.05) is 4.90 Å². The van der Waals surface area contributed by atoms with E-state index in [0.29, 0.717) is 41.2 Å². The molecule has 0 saturated carbocycles. The molecule has 1 aromatic carbocycles. The molecule has 7 heteroatoms.